The SMILES string of the molecule is CN1CCC(N(C)C(=O)c2cc(Cl)cc(Br)c2)CC1. The standard InChI is InChI=1S/C14H18BrClN2O/c1-17-5-3-13(4-6-17)18(2)14(19)10-7-11(15)9-12(16)8-10/h7-9,13H,3-6H2,1-2H3. The lowest BCUT2D eigenvalue weighted by atomic mass is 10.0. The molecule has 0 bridgehead atoms. The lowest BCUT2D eigenvalue weighted by Crippen LogP contribution is -2.44. The molecule has 104 valence electrons. The highest BCUT2D eigenvalue weighted by molar-refractivity contribution is 9.10. The number of hydrogen-bond donors (Lipinski definition) is 0. The third-order valence-electron chi connectivity index (χ3n) is 3.67. The molecule has 0 saturated carbocycles. The Hall–Kier alpha value is -0.580. The van der Waals surface area contributed by atoms with Gasteiger partial charge in [0, 0.05) is 28.1 Å². The van der Waals surface area contributed by atoms with Gasteiger partial charge in [-0.2, -0.15) is 0 Å². The smallest absolute Gasteiger partial charge is 0.253 e. The molecule has 1 aromatic rings. The highest BCUT2D eigenvalue weighted by Gasteiger charge is 2.24. The number of benzene rings is 1. The van der Waals surface area contributed by atoms with Crippen molar-refractivity contribution in [2.45, 2.75) is 18.9 Å². The van der Waals surface area contributed by atoms with Crippen molar-refractivity contribution in [3.8, 4) is 0 Å². The average Bonchev–Trinajstić information content (AvgIpc) is 2.37. The van der Waals surface area contributed by atoms with Gasteiger partial charge in [0.15, 0.2) is 0 Å². The topological polar surface area (TPSA) is 23.6 Å². The Bertz CT molecular complexity index is 452. The van der Waals surface area contributed by atoms with Crippen LogP contribution in [0.15, 0.2) is 22.7 Å². The van der Waals surface area contributed by atoms with Crippen LogP contribution in [0.4, 0.5) is 0 Å². The summed E-state index contributed by atoms with van der Waals surface area (Å²) < 4.78 is 0.833. The van der Waals surface area contributed by atoms with Gasteiger partial charge in [0.05, 0.1) is 0 Å². The maximum absolute atomic E-state index is 12.5. The van der Waals surface area contributed by atoms with E-state index >= 15 is 0 Å². The summed E-state index contributed by atoms with van der Waals surface area (Å²) in [5, 5.41) is 0.578. The zero-order valence-electron chi connectivity index (χ0n) is 11.2. The largest absolute Gasteiger partial charge is 0.339 e. The van der Waals surface area contributed by atoms with Crippen LogP contribution in [0.2, 0.25) is 5.02 Å². The number of piperidine rings is 1. The van der Waals surface area contributed by atoms with Crippen molar-refractivity contribution in [3.05, 3.63) is 33.3 Å². The van der Waals surface area contributed by atoms with Crippen LogP contribution in [-0.4, -0.2) is 48.9 Å². The van der Waals surface area contributed by atoms with E-state index in [0.29, 0.717) is 16.6 Å². The van der Waals surface area contributed by atoms with E-state index in [1.54, 1.807) is 12.1 Å². The second-order valence-corrected chi connectivity index (χ2v) is 6.46. The number of carbonyl (C=O) groups is 1. The van der Waals surface area contributed by atoms with Crippen LogP contribution in [0, 0.1) is 0 Å². The molecule has 1 heterocycles. The average molecular weight is 346 g/mol. The van der Waals surface area contributed by atoms with Gasteiger partial charge in [-0.15, -0.1) is 0 Å². The molecule has 0 aliphatic carbocycles. The third-order valence-corrected chi connectivity index (χ3v) is 4.34. The highest BCUT2D eigenvalue weighted by Crippen LogP contribution is 2.22. The molecular formula is C14H18BrClN2O. The van der Waals surface area contributed by atoms with Crippen LogP contribution in [0.25, 0.3) is 0 Å². The normalized spacial score (nSPS) is 17.5. The Balaban J connectivity index is 2.10. The third kappa shape index (κ3) is 3.71. The Morgan fingerprint density at radius 1 is 1.37 bits per heavy atom. The minimum Gasteiger partial charge on any atom is -0.339 e. The van der Waals surface area contributed by atoms with E-state index in [1.165, 1.54) is 0 Å². The van der Waals surface area contributed by atoms with E-state index in [4.69, 9.17) is 11.6 Å². The van der Waals surface area contributed by atoms with E-state index < -0.39 is 0 Å². The summed E-state index contributed by atoms with van der Waals surface area (Å²) >= 11 is 9.37. The number of rotatable bonds is 2. The second-order valence-electron chi connectivity index (χ2n) is 5.11. The fourth-order valence-electron chi connectivity index (χ4n) is 2.43. The minimum absolute atomic E-state index is 0.0396. The van der Waals surface area contributed by atoms with E-state index in [1.807, 2.05) is 18.0 Å². The van der Waals surface area contributed by atoms with Crippen molar-refractivity contribution in [3.63, 3.8) is 0 Å². The predicted molar refractivity (Wildman–Crippen MR) is 81.8 cm³/mol. The molecule has 0 aromatic heterocycles. The van der Waals surface area contributed by atoms with Crippen LogP contribution in [0.3, 0.4) is 0 Å². The molecule has 0 unspecified atom stereocenters. The summed E-state index contributed by atoms with van der Waals surface area (Å²) in [6.45, 7) is 2.09. The summed E-state index contributed by atoms with van der Waals surface area (Å²) in [5.74, 6) is 0.0396. The number of amides is 1. The Morgan fingerprint density at radius 3 is 2.58 bits per heavy atom. The summed E-state index contributed by atoms with van der Waals surface area (Å²) in [7, 11) is 4.00. The molecule has 3 nitrogen and oxygen atoms in total. The van der Waals surface area contributed by atoms with Gasteiger partial charge in [-0.25, -0.2) is 0 Å². The molecule has 1 amide bonds. The molecule has 1 fully saturated rings. The van der Waals surface area contributed by atoms with Crippen molar-refractivity contribution in [1.29, 1.82) is 0 Å². The quantitative estimate of drug-likeness (QED) is 0.821. The van der Waals surface area contributed by atoms with Crippen LogP contribution < -0.4 is 0 Å². The maximum atomic E-state index is 12.5. The Labute approximate surface area is 127 Å². The van der Waals surface area contributed by atoms with Gasteiger partial charge >= 0.3 is 0 Å². The molecule has 5 heteroatoms. The van der Waals surface area contributed by atoms with Gasteiger partial charge in [0.1, 0.15) is 0 Å². The van der Waals surface area contributed by atoms with Gasteiger partial charge < -0.3 is 9.80 Å². The van der Waals surface area contributed by atoms with Gasteiger partial charge in [-0.05, 0) is 51.2 Å². The van der Waals surface area contributed by atoms with E-state index in [9.17, 15) is 4.79 Å². The van der Waals surface area contributed by atoms with Crippen molar-refractivity contribution in [2.75, 3.05) is 27.2 Å². The molecule has 19 heavy (non-hydrogen) atoms. The Kier molecular flexibility index (Phi) is 4.87. The number of likely N-dealkylation sites (tertiary alicyclic amines) is 1. The molecule has 0 atom stereocenters. The van der Waals surface area contributed by atoms with Crippen molar-refractivity contribution < 1.29 is 4.79 Å². The first-order chi connectivity index (χ1) is 8.97. The number of nitrogens with zero attached hydrogens (tertiary/aromatic N) is 2. The van der Waals surface area contributed by atoms with Gasteiger partial charge in [0.2, 0.25) is 0 Å². The molecule has 2 rings (SSSR count). The lowest BCUT2D eigenvalue weighted by molar-refractivity contribution is 0.0659. The summed E-state index contributed by atoms with van der Waals surface area (Å²) in [6, 6.07) is 5.65. The fraction of sp³-hybridized carbons (Fsp3) is 0.500. The molecule has 0 spiro atoms. The number of hydrogen-bond acceptors (Lipinski definition) is 2. The monoisotopic (exact) mass is 344 g/mol. The van der Waals surface area contributed by atoms with E-state index in [-0.39, 0.29) is 5.91 Å². The minimum atomic E-state index is 0.0396. The van der Waals surface area contributed by atoms with Crippen molar-refractivity contribution in [2.24, 2.45) is 0 Å². The van der Waals surface area contributed by atoms with Crippen LogP contribution >= 0.6 is 27.5 Å². The molecule has 1 saturated heterocycles. The van der Waals surface area contributed by atoms with Crippen molar-refractivity contribution >= 4 is 33.4 Å². The summed E-state index contributed by atoms with van der Waals surface area (Å²) in [5.41, 5.74) is 0.640. The molecule has 1 aliphatic heterocycles. The lowest BCUT2D eigenvalue weighted by Gasteiger charge is -2.35. The highest BCUT2D eigenvalue weighted by atomic mass is 79.9. The second kappa shape index (κ2) is 6.25. The summed E-state index contributed by atoms with van der Waals surface area (Å²) in [6.07, 6.45) is 2.06. The number of carbonyl (C=O) groups excluding carboxylic acids is 1. The van der Waals surface area contributed by atoms with Crippen LogP contribution in [0.1, 0.15) is 23.2 Å². The van der Waals surface area contributed by atoms with Gasteiger partial charge in [0.25, 0.3) is 5.91 Å². The van der Waals surface area contributed by atoms with Crippen LogP contribution in [-0.2, 0) is 0 Å². The molecule has 1 aliphatic rings. The van der Waals surface area contributed by atoms with Gasteiger partial charge in [-0.1, -0.05) is 27.5 Å². The van der Waals surface area contributed by atoms with Gasteiger partial charge in [-0.3, -0.25) is 4.79 Å². The fourth-order valence-corrected chi connectivity index (χ4v) is 3.29. The number of halogens is 2. The first kappa shape index (κ1) is 14.8. The summed E-state index contributed by atoms with van der Waals surface area (Å²) in [4.78, 5) is 16.6. The molecule has 0 N–H and O–H groups in total. The van der Waals surface area contributed by atoms with E-state index in [2.05, 4.69) is 27.9 Å². The molecular weight excluding hydrogens is 328 g/mol. The first-order valence-electron chi connectivity index (χ1n) is 6.39. The maximum Gasteiger partial charge on any atom is 0.253 e. The molecule has 0 radical (unpaired) electrons. The predicted octanol–water partition coefficient (Wildman–Crippen LogP) is 3.27. The first-order valence-corrected chi connectivity index (χ1v) is 7.56. The zero-order chi connectivity index (χ0) is 14.0. The van der Waals surface area contributed by atoms with Crippen molar-refractivity contribution in [1.82, 2.24) is 9.80 Å². The van der Waals surface area contributed by atoms with Crippen LogP contribution in [0.5, 0.6) is 0 Å². The van der Waals surface area contributed by atoms with E-state index in [0.717, 1.165) is 30.4 Å². The molecule has 1 aromatic carbocycles. The zero-order valence-corrected chi connectivity index (χ0v) is 13.5. The Morgan fingerprint density at radius 2 is 2.00 bits per heavy atom.